The summed E-state index contributed by atoms with van der Waals surface area (Å²) < 4.78 is 6.08. The average Bonchev–Trinajstić information content (AvgIpc) is 3.87. The molecule has 0 radical (unpaired) electrons. The van der Waals surface area contributed by atoms with Crippen LogP contribution in [-0.4, -0.2) is 178 Å². The van der Waals surface area contributed by atoms with Crippen LogP contribution in [0.1, 0.15) is 120 Å². The zero-order valence-electron chi connectivity index (χ0n) is 49.1. The van der Waals surface area contributed by atoms with Crippen LogP contribution in [0.4, 0.5) is 0 Å². The maximum atomic E-state index is 15.2. The Labute approximate surface area is 462 Å². The van der Waals surface area contributed by atoms with Gasteiger partial charge in [0.05, 0.1) is 5.60 Å². The van der Waals surface area contributed by atoms with E-state index in [1.165, 1.54) is 61.6 Å². The first-order valence-electron chi connectivity index (χ1n) is 27.7. The third kappa shape index (κ3) is 15.9. The van der Waals surface area contributed by atoms with Crippen LogP contribution in [0.3, 0.4) is 0 Å². The maximum absolute atomic E-state index is 15.2. The van der Waals surface area contributed by atoms with Crippen LogP contribution in [0, 0.1) is 29.6 Å². The fourth-order valence-electron chi connectivity index (χ4n) is 10.8. The van der Waals surface area contributed by atoms with Gasteiger partial charge in [0.25, 0.3) is 5.91 Å². The molecule has 2 aromatic carbocycles. The number of carbonyl (C=O) groups excluding carboxylic acids is 9. The molecule has 2 fully saturated rings. The minimum Gasteiger partial charge on any atom is -0.450 e. The first kappa shape index (κ1) is 64.2. The van der Waals surface area contributed by atoms with Crippen LogP contribution in [0.25, 0.3) is 0 Å². The number of fused-ring (bicyclic) bond motifs is 1. The van der Waals surface area contributed by atoms with E-state index >= 15 is 9.59 Å². The van der Waals surface area contributed by atoms with Crippen molar-refractivity contribution in [3.05, 3.63) is 71.8 Å². The lowest BCUT2D eigenvalue weighted by Gasteiger charge is -2.39. The van der Waals surface area contributed by atoms with Crippen LogP contribution in [-0.2, 0) is 60.7 Å². The molecule has 78 heavy (non-hydrogen) atoms. The Bertz CT molecular complexity index is 2410. The lowest BCUT2D eigenvalue weighted by molar-refractivity contribution is -0.177. The normalized spacial score (nSPS) is 26.3. The van der Waals surface area contributed by atoms with E-state index in [-0.39, 0.29) is 38.1 Å². The third-order valence-corrected chi connectivity index (χ3v) is 15.3. The van der Waals surface area contributed by atoms with E-state index in [1.807, 2.05) is 50.2 Å². The minimum atomic E-state index is -1.97. The molecule has 19 heteroatoms. The summed E-state index contributed by atoms with van der Waals surface area (Å²) in [5.74, 6) is -8.74. The second-order valence-corrected chi connectivity index (χ2v) is 23.5. The molecule has 0 unspecified atom stereocenters. The SMILES string of the molecule is CC[C@H](C)[C@@H]1OC(=O)[C@@H](C(C)(C)O)N(C)C(=O)[C@@H](CC(C)C)NC(=O)[C@@H](C(C)C)N(C)C(=O)[C@@H](C(C)C)NC(=O)[C@@H]2CCCN2C(=O)[C@@H](Cc2ccccc2)N(C)C(=O)[C@@H](Cc2ccccc2)NC(=O)[C@H](C(C)C)N(C)C1=O. The molecule has 2 saturated heterocycles. The molecule has 2 aromatic rings. The summed E-state index contributed by atoms with van der Waals surface area (Å²) in [4.78, 5) is 140. The molecule has 4 N–H and O–H groups in total. The van der Waals surface area contributed by atoms with E-state index in [4.69, 9.17) is 4.74 Å². The molecule has 2 aliphatic heterocycles. The number of ether oxygens (including phenoxy) is 1. The number of nitrogens with one attached hydrogen (secondary N) is 3. The van der Waals surface area contributed by atoms with Crippen LogP contribution in [0.5, 0.6) is 0 Å². The third-order valence-electron chi connectivity index (χ3n) is 15.3. The summed E-state index contributed by atoms with van der Waals surface area (Å²) in [6.45, 7) is 20.4. The Balaban J connectivity index is 1.96. The molecule has 10 atom stereocenters. The molecule has 4 rings (SSSR count). The maximum Gasteiger partial charge on any atom is 0.332 e. The number of nitrogens with zero attached hydrogens (tertiary/aromatic N) is 5. The van der Waals surface area contributed by atoms with E-state index < -0.39 is 137 Å². The van der Waals surface area contributed by atoms with Gasteiger partial charge >= 0.3 is 5.97 Å². The monoisotopic (exact) mass is 1090 g/mol. The Hall–Kier alpha value is -6.37. The van der Waals surface area contributed by atoms with E-state index in [0.29, 0.717) is 18.4 Å². The molecule has 8 amide bonds. The second-order valence-electron chi connectivity index (χ2n) is 23.5. The Morgan fingerprint density at radius 1 is 0.590 bits per heavy atom. The largest absolute Gasteiger partial charge is 0.450 e. The average molecular weight is 1090 g/mol. The quantitative estimate of drug-likeness (QED) is 0.222. The second kappa shape index (κ2) is 28.0. The highest BCUT2D eigenvalue weighted by atomic mass is 16.6. The van der Waals surface area contributed by atoms with Crippen molar-refractivity contribution in [2.24, 2.45) is 29.6 Å². The highest BCUT2D eigenvalue weighted by Crippen LogP contribution is 2.27. The smallest absolute Gasteiger partial charge is 0.332 e. The van der Waals surface area contributed by atoms with Gasteiger partial charge in [0.15, 0.2) is 12.1 Å². The molecule has 0 aromatic heterocycles. The molecule has 0 saturated carbocycles. The number of likely N-dealkylation sites (N-methyl/N-ethyl adjacent to an activating group) is 4. The van der Waals surface area contributed by atoms with Gasteiger partial charge < -0.3 is 50.3 Å². The molecular weight excluding hydrogens is 997 g/mol. The van der Waals surface area contributed by atoms with Crippen molar-refractivity contribution in [2.75, 3.05) is 34.7 Å². The summed E-state index contributed by atoms with van der Waals surface area (Å²) >= 11 is 0. The van der Waals surface area contributed by atoms with Crippen molar-refractivity contribution >= 4 is 53.2 Å². The molecular formula is C59H90N8O11. The van der Waals surface area contributed by atoms with Crippen LogP contribution < -0.4 is 16.0 Å². The van der Waals surface area contributed by atoms with Gasteiger partial charge in [0, 0.05) is 53.5 Å². The van der Waals surface area contributed by atoms with E-state index in [2.05, 4.69) is 16.0 Å². The van der Waals surface area contributed by atoms with Gasteiger partial charge in [-0.3, -0.25) is 38.4 Å². The van der Waals surface area contributed by atoms with Gasteiger partial charge in [-0.2, -0.15) is 0 Å². The lowest BCUT2D eigenvalue weighted by atomic mass is 9.94. The molecule has 0 spiro atoms. The molecule has 2 heterocycles. The van der Waals surface area contributed by atoms with Crippen molar-refractivity contribution in [2.45, 2.75) is 182 Å². The van der Waals surface area contributed by atoms with E-state index in [9.17, 15) is 38.7 Å². The molecule has 0 aliphatic carbocycles. The van der Waals surface area contributed by atoms with E-state index in [0.717, 1.165) is 10.5 Å². The van der Waals surface area contributed by atoms with Crippen molar-refractivity contribution in [1.29, 1.82) is 0 Å². The fraction of sp³-hybridized carbons (Fsp3) is 0.644. The van der Waals surface area contributed by atoms with Gasteiger partial charge in [0.2, 0.25) is 41.4 Å². The van der Waals surface area contributed by atoms with Crippen molar-refractivity contribution in [3.8, 4) is 0 Å². The first-order valence-corrected chi connectivity index (χ1v) is 27.7. The van der Waals surface area contributed by atoms with E-state index in [1.54, 1.807) is 79.7 Å². The number of esters is 1. The van der Waals surface area contributed by atoms with Crippen molar-refractivity contribution < 1.29 is 53.0 Å². The molecule has 19 nitrogen and oxygen atoms in total. The number of benzene rings is 2. The zero-order chi connectivity index (χ0) is 58.7. The van der Waals surface area contributed by atoms with Gasteiger partial charge in [0.1, 0.15) is 42.3 Å². The molecule has 432 valence electrons. The van der Waals surface area contributed by atoms with Crippen molar-refractivity contribution in [1.82, 2.24) is 40.4 Å². The van der Waals surface area contributed by atoms with Gasteiger partial charge in [-0.25, -0.2) is 4.79 Å². The molecule has 0 bridgehead atoms. The highest BCUT2D eigenvalue weighted by molar-refractivity contribution is 5.99. The van der Waals surface area contributed by atoms with Gasteiger partial charge in [-0.1, -0.05) is 130 Å². The highest BCUT2D eigenvalue weighted by Gasteiger charge is 2.48. The van der Waals surface area contributed by atoms with Crippen LogP contribution in [0.15, 0.2) is 60.7 Å². The minimum absolute atomic E-state index is 0.00717. The number of amides is 8. The standard InChI is InChI=1S/C59H90N8O11/c1-17-38(10)48-57(75)65(15)47(37(8)9)52(70)61-42(32-39-25-20-18-21-26-39)53(71)63(13)44(33-40-27-22-19-23-28-40)55(73)67-30-24-29-43(67)50(68)62-45(35(4)5)56(74)64(14)46(36(6)7)51(69)60-41(31-34(2)3)54(72)66(16)49(58(76)78-48)59(11,12)77/h18-23,25-28,34-38,41-49,77H,17,24,29-33H2,1-16H3,(H,60,69)(H,61,70)(H,62,68)/t38-,41+,42+,43-,44+,45+,46+,47-,48-,49-/m0/s1. The predicted molar refractivity (Wildman–Crippen MR) is 297 cm³/mol. The summed E-state index contributed by atoms with van der Waals surface area (Å²) in [6.07, 6.45) is -0.355. The topological polar surface area (TPSA) is 235 Å². The Morgan fingerprint density at radius 2 is 1.08 bits per heavy atom. The lowest BCUT2D eigenvalue weighted by Crippen LogP contribution is -2.63. The number of aliphatic hydroxyl groups is 1. The van der Waals surface area contributed by atoms with Gasteiger partial charge in [-0.15, -0.1) is 0 Å². The van der Waals surface area contributed by atoms with Crippen LogP contribution >= 0.6 is 0 Å². The number of hydrogen-bond donors (Lipinski definition) is 4. The summed E-state index contributed by atoms with van der Waals surface area (Å²) in [5, 5.41) is 20.4. The number of cyclic esters (lactones) is 1. The zero-order valence-corrected chi connectivity index (χ0v) is 49.1. The van der Waals surface area contributed by atoms with Crippen LogP contribution in [0.2, 0.25) is 0 Å². The summed E-state index contributed by atoms with van der Waals surface area (Å²) in [7, 11) is 5.65. The Morgan fingerprint density at radius 3 is 1.55 bits per heavy atom. The summed E-state index contributed by atoms with van der Waals surface area (Å²) in [5.41, 5.74) is -0.553. The number of rotatable bonds is 12. The number of carbonyl (C=O) groups is 9. The number of hydrogen-bond acceptors (Lipinski definition) is 11. The fourth-order valence-corrected chi connectivity index (χ4v) is 10.8. The molecule has 2 aliphatic rings. The Kier molecular flexibility index (Phi) is 23.0. The first-order chi connectivity index (χ1) is 36.4. The summed E-state index contributed by atoms with van der Waals surface area (Å²) in [6, 6.07) is 8.07. The van der Waals surface area contributed by atoms with Crippen molar-refractivity contribution in [3.63, 3.8) is 0 Å². The van der Waals surface area contributed by atoms with Gasteiger partial charge in [-0.05, 0) is 74.3 Å². The predicted octanol–water partition coefficient (Wildman–Crippen LogP) is 3.98.